The molecule has 2 N–H and O–H groups in total. The fourth-order valence-corrected chi connectivity index (χ4v) is 2.77. The number of hydrogen-bond donors (Lipinski definition) is 1. The quantitative estimate of drug-likeness (QED) is 0.933. The van der Waals surface area contributed by atoms with E-state index in [2.05, 4.69) is 41.0 Å². The summed E-state index contributed by atoms with van der Waals surface area (Å²) in [4.78, 5) is 6.83. The summed E-state index contributed by atoms with van der Waals surface area (Å²) in [5.74, 6) is 1.91. The van der Waals surface area contributed by atoms with Crippen LogP contribution in [0.3, 0.4) is 0 Å². The maximum Gasteiger partial charge on any atom is 0.241 e. The highest BCUT2D eigenvalue weighted by molar-refractivity contribution is 5.54. The van der Waals surface area contributed by atoms with Crippen LogP contribution in [0.15, 0.2) is 28.8 Å². The third-order valence-corrected chi connectivity index (χ3v) is 4.19. The number of hydrogen-bond acceptors (Lipinski definition) is 5. The minimum absolute atomic E-state index is 0.251. The van der Waals surface area contributed by atoms with Crippen molar-refractivity contribution >= 4 is 0 Å². The van der Waals surface area contributed by atoms with Crippen LogP contribution in [-0.2, 0) is 6.54 Å². The third kappa shape index (κ3) is 3.31. The van der Waals surface area contributed by atoms with Crippen molar-refractivity contribution < 1.29 is 4.52 Å². The molecule has 5 heteroatoms. The van der Waals surface area contributed by atoms with E-state index in [0.717, 1.165) is 25.1 Å². The van der Waals surface area contributed by atoms with Gasteiger partial charge < -0.3 is 10.3 Å². The van der Waals surface area contributed by atoms with Crippen LogP contribution in [0, 0.1) is 12.8 Å². The molecule has 0 spiro atoms. The van der Waals surface area contributed by atoms with Gasteiger partial charge in [-0.2, -0.15) is 4.98 Å². The minimum atomic E-state index is 0.251. The van der Waals surface area contributed by atoms with Gasteiger partial charge in [0.2, 0.25) is 11.7 Å². The first-order valence-electron chi connectivity index (χ1n) is 7.49. The lowest BCUT2D eigenvalue weighted by Gasteiger charge is -2.15. The molecule has 2 aromatic rings. The van der Waals surface area contributed by atoms with Gasteiger partial charge in [0.05, 0.1) is 6.54 Å². The summed E-state index contributed by atoms with van der Waals surface area (Å²) in [7, 11) is 0. The summed E-state index contributed by atoms with van der Waals surface area (Å²) >= 11 is 0. The maximum absolute atomic E-state index is 5.97. The third-order valence-electron chi connectivity index (χ3n) is 4.19. The Kier molecular flexibility index (Phi) is 4.03. The Morgan fingerprint density at radius 3 is 2.81 bits per heavy atom. The Hall–Kier alpha value is -1.72. The van der Waals surface area contributed by atoms with E-state index in [4.69, 9.17) is 10.3 Å². The molecule has 0 saturated carbocycles. The van der Waals surface area contributed by atoms with Gasteiger partial charge in [-0.05, 0) is 32.7 Å². The van der Waals surface area contributed by atoms with Crippen LogP contribution in [0.5, 0.6) is 0 Å². The second-order valence-corrected chi connectivity index (χ2v) is 6.02. The van der Waals surface area contributed by atoms with Crippen molar-refractivity contribution in [3.05, 3.63) is 35.7 Å². The molecule has 0 amide bonds. The van der Waals surface area contributed by atoms with Gasteiger partial charge in [0, 0.05) is 18.2 Å². The summed E-state index contributed by atoms with van der Waals surface area (Å²) in [6.07, 6.45) is 1.15. The monoisotopic (exact) mass is 286 g/mol. The summed E-state index contributed by atoms with van der Waals surface area (Å²) in [6, 6.07) is 8.40. The lowest BCUT2D eigenvalue weighted by Crippen LogP contribution is -2.29. The second-order valence-electron chi connectivity index (χ2n) is 6.02. The largest absolute Gasteiger partial charge is 0.338 e. The van der Waals surface area contributed by atoms with Gasteiger partial charge in [0.25, 0.3) is 0 Å². The van der Waals surface area contributed by atoms with E-state index in [9.17, 15) is 0 Å². The van der Waals surface area contributed by atoms with Gasteiger partial charge in [-0.3, -0.25) is 4.90 Å². The van der Waals surface area contributed by atoms with Crippen LogP contribution in [0.25, 0.3) is 11.4 Å². The average Bonchev–Trinajstić information content (AvgIpc) is 3.10. The number of nitrogens with two attached hydrogens (primary N) is 1. The van der Waals surface area contributed by atoms with Crippen LogP contribution >= 0.6 is 0 Å². The minimum Gasteiger partial charge on any atom is -0.338 e. The molecule has 0 radical (unpaired) electrons. The number of nitrogens with zero attached hydrogens (tertiary/aromatic N) is 3. The topological polar surface area (TPSA) is 68.2 Å². The Morgan fingerprint density at radius 1 is 1.38 bits per heavy atom. The zero-order valence-corrected chi connectivity index (χ0v) is 12.6. The number of aryl methyl sites for hydroxylation is 1. The molecule has 1 aromatic heterocycles. The van der Waals surface area contributed by atoms with Crippen molar-refractivity contribution in [3.63, 3.8) is 0 Å². The van der Waals surface area contributed by atoms with Crippen molar-refractivity contribution in [3.8, 4) is 11.4 Å². The summed E-state index contributed by atoms with van der Waals surface area (Å²) in [6.45, 7) is 6.92. The molecular formula is C16H22N4O. The smallest absolute Gasteiger partial charge is 0.241 e. The van der Waals surface area contributed by atoms with E-state index in [1.165, 1.54) is 5.56 Å². The van der Waals surface area contributed by atoms with E-state index in [1.54, 1.807) is 0 Å². The molecule has 3 rings (SSSR count). The molecule has 0 bridgehead atoms. The van der Waals surface area contributed by atoms with Crippen LogP contribution in [0.4, 0.5) is 0 Å². The number of likely N-dealkylation sites (tertiary alicyclic amines) is 1. The molecule has 1 saturated heterocycles. The number of aromatic nitrogens is 2. The molecular weight excluding hydrogens is 264 g/mol. The zero-order valence-electron chi connectivity index (χ0n) is 12.6. The van der Waals surface area contributed by atoms with Gasteiger partial charge in [-0.15, -0.1) is 0 Å². The van der Waals surface area contributed by atoms with Gasteiger partial charge in [-0.1, -0.05) is 35.0 Å². The van der Waals surface area contributed by atoms with Crippen molar-refractivity contribution in [2.45, 2.75) is 32.9 Å². The molecule has 112 valence electrons. The summed E-state index contributed by atoms with van der Waals surface area (Å²) in [5.41, 5.74) is 8.18. The standard InChI is InChI=1S/C16H22N4O/c1-11-3-5-13(6-4-11)16-18-15(21-19-16)10-20-8-7-14(9-20)12(2)17/h3-6,12,14H,7-10,17H2,1-2H3. The van der Waals surface area contributed by atoms with Gasteiger partial charge in [0.1, 0.15) is 0 Å². The first kappa shape index (κ1) is 14.2. The first-order valence-corrected chi connectivity index (χ1v) is 7.49. The lowest BCUT2D eigenvalue weighted by molar-refractivity contribution is 0.257. The first-order chi connectivity index (χ1) is 10.1. The Bertz CT molecular complexity index is 591. The zero-order chi connectivity index (χ0) is 14.8. The van der Waals surface area contributed by atoms with Crippen molar-refractivity contribution in [1.29, 1.82) is 0 Å². The predicted octanol–water partition coefficient (Wildman–Crippen LogP) is 2.21. The van der Waals surface area contributed by atoms with Crippen molar-refractivity contribution in [2.75, 3.05) is 13.1 Å². The molecule has 2 unspecified atom stereocenters. The molecule has 1 fully saturated rings. The highest BCUT2D eigenvalue weighted by atomic mass is 16.5. The molecule has 5 nitrogen and oxygen atoms in total. The molecule has 2 atom stereocenters. The van der Waals surface area contributed by atoms with E-state index in [-0.39, 0.29) is 6.04 Å². The number of rotatable bonds is 4. The highest BCUT2D eigenvalue weighted by Crippen LogP contribution is 2.21. The van der Waals surface area contributed by atoms with E-state index >= 15 is 0 Å². The molecule has 1 aliphatic heterocycles. The molecule has 2 heterocycles. The average molecular weight is 286 g/mol. The van der Waals surface area contributed by atoms with E-state index in [0.29, 0.717) is 24.2 Å². The van der Waals surface area contributed by atoms with Gasteiger partial charge >= 0.3 is 0 Å². The van der Waals surface area contributed by atoms with Crippen molar-refractivity contribution in [1.82, 2.24) is 15.0 Å². The Morgan fingerprint density at radius 2 is 2.14 bits per heavy atom. The molecule has 1 aromatic carbocycles. The molecule has 0 aliphatic carbocycles. The highest BCUT2D eigenvalue weighted by Gasteiger charge is 2.26. The second kappa shape index (κ2) is 5.95. The van der Waals surface area contributed by atoms with E-state index in [1.807, 2.05) is 12.1 Å². The molecule has 21 heavy (non-hydrogen) atoms. The van der Waals surface area contributed by atoms with E-state index < -0.39 is 0 Å². The molecule has 1 aliphatic rings. The van der Waals surface area contributed by atoms with Crippen molar-refractivity contribution in [2.24, 2.45) is 11.7 Å². The van der Waals surface area contributed by atoms with Crippen LogP contribution in [0.2, 0.25) is 0 Å². The fourth-order valence-electron chi connectivity index (χ4n) is 2.77. The van der Waals surface area contributed by atoms with Crippen LogP contribution < -0.4 is 5.73 Å². The SMILES string of the molecule is Cc1ccc(-c2noc(CN3CCC(C(C)N)C3)n2)cc1. The summed E-state index contributed by atoms with van der Waals surface area (Å²) < 4.78 is 5.37. The Balaban J connectivity index is 1.64. The van der Waals surface area contributed by atoms with Crippen LogP contribution in [0.1, 0.15) is 24.8 Å². The lowest BCUT2D eigenvalue weighted by atomic mass is 10.0. The Labute approximate surface area is 125 Å². The summed E-state index contributed by atoms with van der Waals surface area (Å²) in [5, 5.41) is 4.07. The maximum atomic E-state index is 5.97. The van der Waals surface area contributed by atoms with Crippen LogP contribution in [-0.4, -0.2) is 34.2 Å². The van der Waals surface area contributed by atoms with Gasteiger partial charge in [-0.25, -0.2) is 0 Å². The fraction of sp³-hybridized carbons (Fsp3) is 0.500. The predicted molar refractivity (Wildman–Crippen MR) is 81.5 cm³/mol. The number of benzene rings is 1. The normalized spacial score (nSPS) is 20.8. The van der Waals surface area contributed by atoms with Gasteiger partial charge in [0.15, 0.2) is 0 Å².